The zero-order chi connectivity index (χ0) is 27.6. The molecule has 2 aromatic carbocycles. The number of urea groups is 1. The SMILES string of the molecule is CCOC(=O)CNC(=O)Nc1ccc([C@H]2O[C@@H](CSc3ccccn3)[C@@H](C)[C@@H](c3ccc(CO)cc3)O2)cc1. The summed E-state index contributed by atoms with van der Waals surface area (Å²) in [5, 5.41) is 15.5. The molecule has 9 nitrogen and oxygen atoms in total. The van der Waals surface area contributed by atoms with Crippen LogP contribution in [-0.2, 0) is 25.6 Å². The van der Waals surface area contributed by atoms with E-state index >= 15 is 0 Å². The Morgan fingerprint density at radius 1 is 1.03 bits per heavy atom. The smallest absolute Gasteiger partial charge is 0.325 e. The van der Waals surface area contributed by atoms with Crippen molar-refractivity contribution in [2.24, 2.45) is 5.92 Å². The van der Waals surface area contributed by atoms with E-state index in [1.165, 1.54) is 0 Å². The van der Waals surface area contributed by atoms with Gasteiger partial charge in [-0.15, -0.1) is 11.8 Å². The summed E-state index contributed by atoms with van der Waals surface area (Å²) in [7, 11) is 0. The second kappa shape index (κ2) is 14.1. The number of esters is 1. The van der Waals surface area contributed by atoms with Gasteiger partial charge in [-0.05, 0) is 42.3 Å². The van der Waals surface area contributed by atoms with Gasteiger partial charge >= 0.3 is 12.0 Å². The van der Waals surface area contributed by atoms with E-state index in [9.17, 15) is 14.7 Å². The lowest BCUT2D eigenvalue weighted by Gasteiger charge is -2.41. The Bertz CT molecular complexity index is 1210. The standard InChI is InChI=1S/C29H33N3O6S/c1-3-36-26(34)16-31-29(35)32-23-13-11-22(12-14-23)28-37-24(18-39-25-6-4-5-15-30-25)19(2)27(38-28)21-9-7-20(17-33)8-10-21/h4-15,19,24,27-28,33H,3,16-18H2,1-2H3,(H2,31,32,35)/t19-,24+,27+,28+/m1/s1. The van der Waals surface area contributed by atoms with Crippen molar-refractivity contribution in [2.45, 2.75) is 44.0 Å². The summed E-state index contributed by atoms with van der Waals surface area (Å²) >= 11 is 1.64. The van der Waals surface area contributed by atoms with Crippen LogP contribution in [0.1, 0.15) is 42.9 Å². The van der Waals surface area contributed by atoms with E-state index in [-0.39, 0.29) is 37.9 Å². The number of rotatable bonds is 10. The van der Waals surface area contributed by atoms with Gasteiger partial charge in [-0.1, -0.05) is 49.4 Å². The Kier molecular flexibility index (Phi) is 10.3. The Labute approximate surface area is 232 Å². The molecule has 0 saturated carbocycles. The molecule has 0 spiro atoms. The van der Waals surface area contributed by atoms with Crippen LogP contribution in [-0.4, -0.2) is 47.1 Å². The van der Waals surface area contributed by atoms with Crippen LogP contribution in [0.25, 0.3) is 0 Å². The zero-order valence-electron chi connectivity index (χ0n) is 21.9. The van der Waals surface area contributed by atoms with Gasteiger partial charge in [0, 0.05) is 29.1 Å². The number of pyridine rings is 1. The predicted molar refractivity (Wildman–Crippen MR) is 148 cm³/mol. The van der Waals surface area contributed by atoms with Gasteiger partial charge in [-0.25, -0.2) is 9.78 Å². The molecule has 2 heterocycles. The highest BCUT2D eigenvalue weighted by molar-refractivity contribution is 7.99. The van der Waals surface area contributed by atoms with Crippen LogP contribution in [0.3, 0.4) is 0 Å². The molecule has 0 aliphatic carbocycles. The van der Waals surface area contributed by atoms with E-state index in [1.807, 2.05) is 54.6 Å². The van der Waals surface area contributed by atoms with E-state index in [1.54, 1.807) is 37.0 Å². The van der Waals surface area contributed by atoms with Gasteiger partial charge in [0.15, 0.2) is 6.29 Å². The third-order valence-electron chi connectivity index (χ3n) is 6.30. The number of benzene rings is 2. The summed E-state index contributed by atoms with van der Waals surface area (Å²) in [5.41, 5.74) is 3.22. The predicted octanol–water partition coefficient (Wildman–Crippen LogP) is 4.84. The minimum absolute atomic E-state index is 0.0162. The first-order chi connectivity index (χ1) is 19.0. The molecule has 1 fully saturated rings. The van der Waals surface area contributed by atoms with Gasteiger partial charge in [0.1, 0.15) is 6.54 Å². The normalized spacial score (nSPS) is 20.7. The Hall–Kier alpha value is -3.44. The monoisotopic (exact) mass is 551 g/mol. The Morgan fingerprint density at radius 3 is 2.44 bits per heavy atom. The average molecular weight is 552 g/mol. The molecule has 0 bridgehead atoms. The third-order valence-corrected chi connectivity index (χ3v) is 7.33. The molecule has 1 saturated heterocycles. The maximum Gasteiger partial charge on any atom is 0.325 e. The number of nitrogens with one attached hydrogen (secondary N) is 2. The molecule has 3 N–H and O–H groups in total. The van der Waals surface area contributed by atoms with Crippen LogP contribution in [0.15, 0.2) is 78.0 Å². The Morgan fingerprint density at radius 2 is 1.77 bits per heavy atom. The maximum absolute atomic E-state index is 12.1. The summed E-state index contributed by atoms with van der Waals surface area (Å²) in [6.45, 7) is 3.85. The molecule has 4 rings (SSSR count). The molecule has 4 atom stereocenters. The molecule has 1 aromatic heterocycles. The summed E-state index contributed by atoms with van der Waals surface area (Å²) in [6.07, 6.45) is 0.809. The van der Waals surface area contributed by atoms with Crippen molar-refractivity contribution in [1.82, 2.24) is 10.3 Å². The van der Waals surface area contributed by atoms with Crippen molar-refractivity contribution < 1.29 is 28.9 Å². The Balaban J connectivity index is 1.46. The summed E-state index contributed by atoms with van der Waals surface area (Å²) < 4.78 is 17.7. The van der Waals surface area contributed by atoms with Gasteiger partial charge in [-0.3, -0.25) is 4.79 Å². The molecule has 0 radical (unpaired) electrons. The topological polar surface area (TPSA) is 119 Å². The number of hydrogen-bond acceptors (Lipinski definition) is 8. The third kappa shape index (κ3) is 8.03. The zero-order valence-corrected chi connectivity index (χ0v) is 22.7. The number of aromatic nitrogens is 1. The van der Waals surface area contributed by atoms with Gasteiger partial charge in [0.25, 0.3) is 0 Å². The number of carbonyl (C=O) groups is 2. The molecule has 2 amide bonds. The number of aliphatic hydroxyl groups is 1. The first-order valence-corrected chi connectivity index (χ1v) is 13.8. The summed E-state index contributed by atoms with van der Waals surface area (Å²) in [5.74, 6) is 0.255. The molecule has 0 unspecified atom stereocenters. The summed E-state index contributed by atoms with van der Waals surface area (Å²) in [6, 6.07) is 20.3. The first kappa shape index (κ1) is 28.6. The second-order valence-electron chi connectivity index (χ2n) is 9.04. The molecule has 39 heavy (non-hydrogen) atoms. The number of hydrogen-bond donors (Lipinski definition) is 3. The number of thioether (sulfide) groups is 1. The fourth-order valence-electron chi connectivity index (χ4n) is 4.17. The number of anilines is 1. The number of amides is 2. The quantitative estimate of drug-likeness (QED) is 0.242. The van der Waals surface area contributed by atoms with E-state index in [2.05, 4.69) is 22.5 Å². The average Bonchev–Trinajstić information content (AvgIpc) is 2.97. The van der Waals surface area contributed by atoms with Crippen molar-refractivity contribution in [3.8, 4) is 0 Å². The number of aliphatic hydroxyl groups excluding tert-OH is 1. The van der Waals surface area contributed by atoms with Gasteiger partial charge < -0.3 is 30.0 Å². The van der Waals surface area contributed by atoms with Crippen molar-refractivity contribution >= 4 is 29.4 Å². The largest absolute Gasteiger partial charge is 0.465 e. The van der Waals surface area contributed by atoms with Crippen LogP contribution in [0, 0.1) is 5.92 Å². The fraction of sp³-hybridized carbons (Fsp3) is 0.345. The van der Waals surface area contributed by atoms with Crippen LogP contribution in [0.5, 0.6) is 0 Å². The van der Waals surface area contributed by atoms with Crippen molar-refractivity contribution in [3.05, 3.63) is 89.6 Å². The molecular formula is C29H33N3O6S. The molecule has 1 aliphatic heterocycles. The number of nitrogens with zero attached hydrogens (tertiary/aromatic N) is 1. The highest BCUT2D eigenvalue weighted by Gasteiger charge is 2.38. The van der Waals surface area contributed by atoms with Gasteiger partial charge in [0.05, 0.1) is 30.4 Å². The highest BCUT2D eigenvalue weighted by atomic mass is 32.2. The highest BCUT2D eigenvalue weighted by Crippen LogP contribution is 2.43. The van der Waals surface area contributed by atoms with Gasteiger partial charge in [0.2, 0.25) is 0 Å². The van der Waals surface area contributed by atoms with Crippen molar-refractivity contribution in [2.75, 3.05) is 24.2 Å². The van der Waals surface area contributed by atoms with E-state index in [0.29, 0.717) is 11.4 Å². The minimum atomic E-state index is -0.621. The first-order valence-electron chi connectivity index (χ1n) is 12.8. The van der Waals surface area contributed by atoms with Crippen LogP contribution in [0.2, 0.25) is 0 Å². The lowest BCUT2D eigenvalue weighted by atomic mass is 9.91. The second-order valence-corrected chi connectivity index (χ2v) is 10.1. The fourth-order valence-corrected chi connectivity index (χ4v) is 5.20. The van der Waals surface area contributed by atoms with Crippen molar-refractivity contribution in [1.29, 1.82) is 0 Å². The molecular weight excluding hydrogens is 518 g/mol. The van der Waals surface area contributed by atoms with Crippen LogP contribution >= 0.6 is 11.8 Å². The summed E-state index contributed by atoms with van der Waals surface area (Å²) in [4.78, 5) is 28.0. The van der Waals surface area contributed by atoms with E-state index < -0.39 is 18.3 Å². The minimum Gasteiger partial charge on any atom is -0.465 e. The van der Waals surface area contributed by atoms with Crippen LogP contribution < -0.4 is 10.6 Å². The van der Waals surface area contributed by atoms with E-state index in [0.717, 1.165) is 21.7 Å². The molecule has 10 heteroatoms. The van der Waals surface area contributed by atoms with Crippen molar-refractivity contribution in [3.63, 3.8) is 0 Å². The maximum atomic E-state index is 12.1. The van der Waals surface area contributed by atoms with Crippen LogP contribution in [0.4, 0.5) is 10.5 Å². The number of carbonyl (C=O) groups excluding carboxylic acids is 2. The molecule has 206 valence electrons. The molecule has 3 aromatic rings. The molecule has 1 aliphatic rings. The van der Waals surface area contributed by atoms with Gasteiger partial charge in [-0.2, -0.15) is 0 Å². The lowest BCUT2D eigenvalue weighted by molar-refractivity contribution is -0.268. The van der Waals surface area contributed by atoms with E-state index in [4.69, 9.17) is 14.2 Å². The number of ether oxygens (including phenoxy) is 3. The lowest BCUT2D eigenvalue weighted by Crippen LogP contribution is -2.38.